The van der Waals surface area contributed by atoms with E-state index in [2.05, 4.69) is 16.0 Å². The molecule has 6 rings (SSSR count). The molecule has 0 bridgehead atoms. The van der Waals surface area contributed by atoms with Gasteiger partial charge in [0.15, 0.2) is 0 Å². The van der Waals surface area contributed by atoms with Crippen LogP contribution in [-0.2, 0) is 9.59 Å². The van der Waals surface area contributed by atoms with Crippen LogP contribution < -0.4 is 25.4 Å². The van der Waals surface area contributed by atoms with E-state index in [0.717, 1.165) is 16.0 Å². The third kappa shape index (κ3) is 8.98. The zero-order chi connectivity index (χ0) is 36.3. The molecule has 1 heterocycles. The maximum atomic E-state index is 13.8. The number of anilines is 2. The minimum atomic E-state index is -0.616. The first kappa shape index (κ1) is 35.3. The molecule has 10 heteroatoms. The number of amides is 3. The van der Waals surface area contributed by atoms with Crippen molar-refractivity contribution in [2.75, 3.05) is 24.9 Å². The van der Waals surface area contributed by atoms with E-state index < -0.39 is 17.1 Å². The Balaban J connectivity index is 1.20. The Bertz CT molecular complexity index is 2170. The van der Waals surface area contributed by atoms with E-state index in [1.54, 1.807) is 67.8 Å². The minimum Gasteiger partial charge on any atom is -0.497 e. The highest BCUT2D eigenvalue weighted by atomic mass is 32.2. The molecular weight excluding hydrogens is 675 g/mol. The van der Waals surface area contributed by atoms with E-state index in [1.165, 1.54) is 24.9 Å². The molecule has 0 unspecified atom stereocenters. The van der Waals surface area contributed by atoms with Gasteiger partial charge < -0.3 is 29.8 Å². The van der Waals surface area contributed by atoms with Crippen molar-refractivity contribution in [2.45, 2.75) is 10.1 Å². The van der Waals surface area contributed by atoms with Crippen LogP contribution in [0.3, 0.4) is 0 Å². The van der Waals surface area contributed by atoms with Gasteiger partial charge in [0.2, 0.25) is 5.91 Å². The summed E-state index contributed by atoms with van der Waals surface area (Å²) in [4.78, 5) is 41.3. The van der Waals surface area contributed by atoms with Crippen LogP contribution >= 0.6 is 11.8 Å². The first-order chi connectivity index (χ1) is 25.4. The normalized spacial score (nSPS) is 11.6. The van der Waals surface area contributed by atoms with Gasteiger partial charge in [-0.3, -0.25) is 14.4 Å². The monoisotopic (exact) mass is 709 g/mol. The standard InChI is InChI=1S/C42H35N3O6S/c1-49-32-20-25-38(50-2)35(26-32)44-42(48)39(29-14-8-4-9-15-29)52-34-22-18-31(19-23-34)43-41(47)36(45-40(46)30-16-10-5-11-17-30)27-33-21-24-37(51-33)28-12-6-3-7-13-28/h3-27,39H,1-2H3,(H,43,47)(H,44,48)(H,45,46)/b36-27-/t39-/m1/s1. The van der Waals surface area contributed by atoms with Crippen molar-refractivity contribution in [2.24, 2.45) is 0 Å². The van der Waals surface area contributed by atoms with Gasteiger partial charge in [0.1, 0.15) is 34.0 Å². The zero-order valence-electron chi connectivity index (χ0n) is 28.4. The predicted molar refractivity (Wildman–Crippen MR) is 204 cm³/mol. The average Bonchev–Trinajstić information content (AvgIpc) is 3.67. The van der Waals surface area contributed by atoms with Crippen molar-refractivity contribution in [1.29, 1.82) is 0 Å². The second kappa shape index (κ2) is 16.9. The molecule has 0 aliphatic heterocycles. The maximum absolute atomic E-state index is 13.8. The second-order valence-electron chi connectivity index (χ2n) is 11.4. The largest absolute Gasteiger partial charge is 0.497 e. The van der Waals surface area contributed by atoms with Gasteiger partial charge >= 0.3 is 0 Å². The molecular formula is C42H35N3O6S. The molecule has 0 saturated heterocycles. The first-order valence-corrected chi connectivity index (χ1v) is 17.2. The number of rotatable bonds is 13. The highest BCUT2D eigenvalue weighted by molar-refractivity contribution is 8.00. The lowest BCUT2D eigenvalue weighted by molar-refractivity contribution is -0.116. The highest BCUT2D eigenvalue weighted by Crippen LogP contribution is 2.38. The fourth-order valence-corrected chi connectivity index (χ4v) is 6.26. The molecule has 0 aliphatic carbocycles. The molecule has 260 valence electrons. The number of ether oxygens (including phenoxy) is 2. The Morgan fingerprint density at radius 3 is 2.06 bits per heavy atom. The van der Waals surface area contributed by atoms with Crippen LogP contribution in [0.15, 0.2) is 161 Å². The number of hydrogen-bond donors (Lipinski definition) is 3. The fraction of sp³-hybridized carbons (Fsp3) is 0.0714. The molecule has 0 spiro atoms. The van der Waals surface area contributed by atoms with Gasteiger partial charge in [-0.2, -0.15) is 0 Å². The summed E-state index contributed by atoms with van der Waals surface area (Å²) >= 11 is 1.36. The third-order valence-corrected chi connectivity index (χ3v) is 9.14. The van der Waals surface area contributed by atoms with E-state index >= 15 is 0 Å². The van der Waals surface area contributed by atoms with Crippen LogP contribution in [0.2, 0.25) is 0 Å². The van der Waals surface area contributed by atoms with Crippen LogP contribution in [0.5, 0.6) is 11.5 Å². The quantitative estimate of drug-likeness (QED) is 0.0810. The van der Waals surface area contributed by atoms with Crippen LogP contribution in [0.1, 0.15) is 26.9 Å². The second-order valence-corrected chi connectivity index (χ2v) is 12.6. The van der Waals surface area contributed by atoms with Crippen molar-refractivity contribution in [3.63, 3.8) is 0 Å². The number of carbonyl (C=O) groups is 3. The summed E-state index contributed by atoms with van der Waals surface area (Å²) in [5, 5.41) is 7.99. The molecule has 9 nitrogen and oxygen atoms in total. The van der Waals surface area contributed by atoms with Crippen molar-refractivity contribution < 1.29 is 28.3 Å². The topological polar surface area (TPSA) is 119 Å². The Hall–Kier alpha value is -6.52. The van der Waals surface area contributed by atoms with Crippen molar-refractivity contribution in [1.82, 2.24) is 5.32 Å². The number of nitrogens with one attached hydrogen (secondary N) is 3. The molecule has 52 heavy (non-hydrogen) atoms. The number of methoxy groups -OCH3 is 2. The molecule has 0 radical (unpaired) electrons. The van der Waals surface area contributed by atoms with E-state index in [0.29, 0.717) is 40.0 Å². The number of hydrogen-bond acceptors (Lipinski definition) is 7. The smallest absolute Gasteiger partial charge is 0.272 e. The molecule has 0 fully saturated rings. The minimum absolute atomic E-state index is 0.00458. The van der Waals surface area contributed by atoms with Gasteiger partial charge in [0.05, 0.1) is 19.9 Å². The zero-order valence-corrected chi connectivity index (χ0v) is 29.2. The number of thioether (sulfide) groups is 1. The maximum Gasteiger partial charge on any atom is 0.272 e. The molecule has 5 aromatic carbocycles. The van der Waals surface area contributed by atoms with Crippen LogP contribution in [0.25, 0.3) is 17.4 Å². The molecule has 1 atom stereocenters. The predicted octanol–water partition coefficient (Wildman–Crippen LogP) is 8.85. The molecule has 3 N–H and O–H groups in total. The summed E-state index contributed by atoms with van der Waals surface area (Å²) in [6, 6.07) is 43.5. The van der Waals surface area contributed by atoms with Gasteiger partial charge in [0.25, 0.3) is 11.8 Å². The lowest BCUT2D eigenvalue weighted by Gasteiger charge is -2.19. The summed E-state index contributed by atoms with van der Waals surface area (Å²) in [5.74, 6) is 0.855. The highest BCUT2D eigenvalue weighted by Gasteiger charge is 2.24. The van der Waals surface area contributed by atoms with Crippen LogP contribution in [0, 0.1) is 0 Å². The summed E-state index contributed by atoms with van der Waals surface area (Å²) in [5.41, 5.74) is 3.05. The van der Waals surface area contributed by atoms with Gasteiger partial charge in [-0.05, 0) is 66.2 Å². The molecule has 0 saturated carbocycles. The van der Waals surface area contributed by atoms with Crippen LogP contribution in [-0.4, -0.2) is 31.9 Å². The Kier molecular flexibility index (Phi) is 11.5. The lowest BCUT2D eigenvalue weighted by Crippen LogP contribution is -2.30. The van der Waals surface area contributed by atoms with Gasteiger partial charge in [0, 0.05) is 33.9 Å². The molecule has 3 amide bonds. The third-order valence-electron chi connectivity index (χ3n) is 7.87. The first-order valence-electron chi connectivity index (χ1n) is 16.3. The van der Waals surface area contributed by atoms with Gasteiger partial charge in [-0.25, -0.2) is 0 Å². The Labute approximate surface area is 305 Å². The molecule has 6 aromatic rings. The molecule has 0 aliphatic rings. The molecule has 1 aromatic heterocycles. The van der Waals surface area contributed by atoms with E-state index in [-0.39, 0.29) is 11.6 Å². The fourth-order valence-electron chi connectivity index (χ4n) is 5.23. The van der Waals surface area contributed by atoms with Gasteiger partial charge in [-0.1, -0.05) is 78.9 Å². The van der Waals surface area contributed by atoms with Crippen molar-refractivity contribution in [3.05, 3.63) is 168 Å². The van der Waals surface area contributed by atoms with Crippen molar-refractivity contribution in [3.8, 4) is 22.8 Å². The SMILES string of the molecule is COc1ccc(OC)c(NC(=O)[C@H](Sc2ccc(NC(=O)/C(=C/c3ccc(-c4ccccc4)o3)NC(=O)c3ccccc3)cc2)c2ccccc2)c1. The summed E-state index contributed by atoms with van der Waals surface area (Å²) in [7, 11) is 3.09. The number of furan rings is 1. The van der Waals surface area contributed by atoms with Crippen molar-refractivity contribution >= 4 is 46.9 Å². The van der Waals surface area contributed by atoms with Gasteiger partial charge in [-0.15, -0.1) is 11.8 Å². The summed E-state index contributed by atoms with van der Waals surface area (Å²) in [6.07, 6.45) is 1.49. The summed E-state index contributed by atoms with van der Waals surface area (Å²) in [6.45, 7) is 0. The summed E-state index contributed by atoms with van der Waals surface area (Å²) < 4.78 is 16.8. The Morgan fingerprint density at radius 1 is 0.712 bits per heavy atom. The van der Waals surface area contributed by atoms with E-state index in [4.69, 9.17) is 13.9 Å². The Morgan fingerprint density at radius 2 is 1.38 bits per heavy atom. The average molecular weight is 710 g/mol. The number of benzene rings is 5. The van der Waals surface area contributed by atoms with Crippen LogP contribution in [0.4, 0.5) is 11.4 Å². The van der Waals surface area contributed by atoms with E-state index in [1.807, 2.05) is 84.9 Å². The number of carbonyl (C=O) groups excluding carboxylic acids is 3. The lowest BCUT2D eigenvalue weighted by atomic mass is 10.1. The van der Waals surface area contributed by atoms with E-state index in [9.17, 15) is 14.4 Å².